The molecule has 2 aromatic carbocycles. The minimum atomic E-state index is -0.0247. The second-order valence-corrected chi connectivity index (χ2v) is 5.03. The van der Waals surface area contributed by atoms with Crippen molar-refractivity contribution in [3.8, 4) is 0 Å². The molecule has 0 aliphatic heterocycles. The van der Waals surface area contributed by atoms with Crippen LogP contribution < -0.4 is 5.73 Å². The first-order chi connectivity index (χ1) is 9.58. The van der Waals surface area contributed by atoms with Crippen molar-refractivity contribution in [1.82, 2.24) is 4.90 Å². The van der Waals surface area contributed by atoms with Crippen LogP contribution in [-0.2, 0) is 6.54 Å². The Morgan fingerprint density at radius 2 is 1.60 bits per heavy atom. The SMILES string of the molecule is CN(Cc1ccccc1)C(=O)c1ccc(C(N)=S)cc1. The first kappa shape index (κ1) is 14.2. The number of carbonyl (C=O) groups excluding carboxylic acids is 1. The molecule has 102 valence electrons. The van der Waals surface area contributed by atoms with Crippen LogP contribution in [-0.4, -0.2) is 22.8 Å². The molecule has 0 atom stereocenters. The highest BCUT2D eigenvalue weighted by Crippen LogP contribution is 2.10. The lowest BCUT2D eigenvalue weighted by Crippen LogP contribution is -2.26. The Balaban J connectivity index is 2.08. The topological polar surface area (TPSA) is 46.3 Å². The largest absolute Gasteiger partial charge is 0.389 e. The average Bonchev–Trinajstić information content (AvgIpc) is 2.47. The molecule has 0 saturated heterocycles. The van der Waals surface area contributed by atoms with Gasteiger partial charge in [0.15, 0.2) is 0 Å². The summed E-state index contributed by atoms with van der Waals surface area (Å²) in [5.74, 6) is -0.0247. The molecule has 2 rings (SSSR count). The van der Waals surface area contributed by atoms with Crippen molar-refractivity contribution in [3.05, 3.63) is 71.3 Å². The summed E-state index contributed by atoms with van der Waals surface area (Å²) in [4.78, 5) is 14.3. The van der Waals surface area contributed by atoms with Crippen LogP contribution in [0.5, 0.6) is 0 Å². The normalized spacial score (nSPS) is 10.1. The van der Waals surface area contributed by atoms with E-state index in [0.717, 1.165) is 11.1 Å². The third-order valence-corrected chi connectivity index (χ3v) is 3.26. The quantitative estimate of drug-likeness (QED) is 0.878. The summed E-state index contributed by atoms with van der Waals surface area (Å²) >= 11 is 4.89. The van der Waals surface area contributed by atoms with E-state index in [-0.39, 0.29) is 5.91 Å². The van der Waals surface area contributed by atoms with Gasteiger partial charge in [-0.05, 0) is 17.7 Å². The summed E-state index contributed by atoms with van der Waals surface area (Å²) in [5.41, 5.74) is 8.03. The van der Waals surface area contributed by atoms with E-state index >= 15 is 0 Å². The summed E-state index contributed by atoms with van der Waals surface area (Å²) in [6.45, 7) is 0.580. The fourth-order valence-corrected chi connectivity index (χ4v) is 2.06. The molecule has 0 fully saturated rings. The van der Waals surface area contributed by atoms with Gasteiger partial charge in [-0.2, -0.15) is 0 Å². The van der Waals surface area contributed by atoms with Gasteiger partial charge in [-0.15, -0.1) is 0 Å². The molecule has 3 nitrogen and oxygen atoms in total. The first-order valence-corrected chi connectivity index (χ1v) is 6.68. The summed E-state index contributed by atoms with van der Waals surface area (Å²) in [5, 5.41) is 0. The number of nitrogens with zero attached hydrogens (tertiary/aromatic N) is 1. The van der Waals surface area contributed by atoms with Crippen LogP contribution >= 0.6 is 12.2 Å². The number of amides is 1. The maximum atomic E-state index is 12.3. The van der Waals surface area contributed by atoms with Crippen LogP contribution in [0.1, 0.15) is 21.5 Å². The van der Waals surface area contributed by atoms with Crippen LogP contribution in [0.15, 0.2) is 54.6 Å². The number of carbonyl (C=O) groups is 1. The predicted molar refractivity (Wildman–Crippen MR) is 84.6 cm³/mol. The first-order valence-electron chi connectivity index (χ1n) is 6.27. The highest BCUT2D eigenvalue weighted by atomic mass is 32.1. The molecule has 2 N–H and O–H groups in total. The minimum Gasteiger partial charge on any atom is -0.389 e. The standard InChI is InChI=1S/C16H16N2OS/c1-18(11-12-5-3-2-4-6-12)16(19)14-9-7-13(8-10-14)15(17)20/h2-10H,11H2,1H3,(H2,17,20). The molecule has 0 aliphatic carbocycles. The molecule has 4 heteroatoms. The second-order valence-electron chi connectivity index (χ2n) is 4.59. The molecule has 0 aromatic heterocycles. The van der Waals surface area contributed by atoms with E-state index in [4.69, 9.17) is 18.0 Å². The molecule has 0 saturated carbocycles. The fraction of sp³-hybridized carbons (Fsp3) is 0.125. The van der Waals surface area contributed by atoms with Crippen LogP contribution in [0.4, 0.5) is 0 Å². The fourth-order valence-electron chi connectivity index (χ4n) is 1.93. The molecular formula is C16H16N2OS. The number of hydrogen-bond acceptors (Lipinski definition) is 2. The Bertz CT molecular complexity index is 608. The van der Waals surface area contributed by atoms with Gasteiger partial charge in [-0.3, -0.25) is 4.79 Å². The molecule has 0 unspecified atom stereocenters. The maximum Gasteiger partial charge on any atom is 0.253 e. The Morgan fingerprint density at radius 3 is 2.15 bits per heavy atom. The van der Waals surface area contributed by atoms with Crippen LogP contribution in [0, 0.1) is 0 Å². The Hall–Kier alpha value is -2.20. The monoisotopic (exact) mass is 284 g/mol. The third kappa shape index (κ3) is 3.42. The van der Waals surface area contributed by atoms with Crippen molar-refractivity contribution in [2.75, 3.05) is 7.05 Å². The molecule has 20 heavy (non-hydrogen) atoms. The van der Waals surface area contributed by atoms with Gasteiger partial charge < -0.3 is 10.6 Å². The molecule has 0 spiro atoms. The zero-order valence-electron chi connectivity index (χ0n) is 11.2. The Labute approximate surface area is 124 Å². The second kappa shape index (κ2) is 6.30. The van der Waals surface area contributed by atoms with E-state index in [0.29, 0.717) is 17.1 Å². The van der Waals surface area contributed by atoms with Crippen molar-refractivity contribution in [1.29, 1.82) is 0 Å². The van der Waals surface area contributed by atoms with Crippen LogP contribution in [0.25, 0.3) is 0 Å². The van der Waals surface area contributed by atoms with Crippen LogP contribution in [0.2, 0.25) is 0 Å². The summed E-state index contributed by atoms with van der Waals surface area (Å²) in [6, 6.07) is 16.9. The number of nitrogens with two attached hydrogens (primary N) is 1. The summed E-state index contributed by atoms with van der Waals surface area (Å²) < 4.78 is 0. The van der Waals surface area contributed by atoms with Gasteiger partial charge in [0.2, 0.25) is 0 Å². The van der Waals surface area contributed by atoms with E-state index in [1.165, 1.54) is 0 Å². The highest BCUT2D eigenvalue weighted by Gasteiger charge is 2.12. The molecule has 0 bridgehead atoms. The number of rotatable bonds is 4. The van der Waals surface area contributed by atoms with Crippen molar-refractivity contribution in [3.63, 3.8) is 0 Å². The number of hydrogen-bond donors (Lipinski definition) is 1. The molecule has 2 aromatic rings. The van der Waals surface area contributed by atoms with E-state index in [1.807, 2.05) is 30.3 Å². The molecule has 0 aliphatic rings. The maximum absolute atomic E-state index is 12.3. The third-order valence-electron chi connectivity index (χ3n) is 3.03. The number of benzene rings is 2. The van der Waals surface area contributed by atoms with Crippen molar-refractivity contribution < 1.29 is 4.79 Å². The van der Waals surface area contributed by atoms with E-state index in [1.54, 1.807) is 36.2 Å². The van der Waals surface area contributed by atoms with E-state index in [2.05, 4.69) is 0 Å². The highest BCUT2D eigenvalue weighted by molar-refractivity contribution is 7.80. The van der Waals surface area contributed by atoms with E-state index in [9.17, 15) is 4.79 Å². The molecule has 1 amide bonds. The summed E-state index contributed by atoms with van der Waals surface area (Å²) in [7, 11) is 1.79. The Kier molecular flexibility index (Phi) is 4.48. The smallest absolute Gasteiger partial charge is 0.253 e. The van der Waals surface area contributed by atoms with Gasteiger partial charge in [0.05, 0.1) is 0 Å². The minimum absolute atomic E-state index is 0.0247. The van der Waals surface area contributed by atoms with Crippen molar-refractivity contribution >= 4 is 23.1 Å². The zero-order valence-corrected chi connectivity index (χ0v) is 12.1. The van der Waals surface area contributed by atoms with Crippen molar-refractivity contribution in [2.45, 2.75) is 6.54 Å². The van der Waals surface area contributed by atoms with Gasteiger partial charge >= 0.3 is 0 Å². The van der Waals surface area contributed by atoms with Gasteiger partial charge in [-0.25, -0.2) is 0 Å². The van der Waals surface area contributed by atoms with Gasteiger partial charge in [0.25, 0.3) is 5.91 Å². The average molecular weight is 284 g/mol. The lowest BCUT2D eigenvalue weighted by Gasteiger charge is -2.17. The number of thiocarbonyl (C=S) groups is 1. The van der Waals surface area contributed by atoms with Gasteiger partial charge in [0, 0.05) is 24.7 Å². The Morgan fingerprint density at radius 1 is 1.05 bits per heavy atom. The zero-order chi connectivity index (χ0) is 14.5. The van der Waals surface area contributed by atoms with Gasteiger partial charge in [-0.1, -0.05) is 54.7 Å². The van der Waals surface area contributed by atoms with E-state index < -0.39 is 0 Å². The molecular weight excluding hydrogens is 268 g/mol. The lowest BCUT2D eigenvalue weighted by molar-refractivity contribution is 0.0785. The van der Waals surface area contributed by atoms with Gasteiger partial charge in [0.1, 0.15) is 4.99 Å². The van der Waals surface area contributed by atoms with Crippen molar-refractivity contribution in [2.24, 2.45) is 5.73 Å². The summed E-state index contributed by atoms with van der Waals surface area (Å²) in [6.07, 6.45) is 0. The molecule has 0 heterocycles. The lowest BCUT2D eigenvalue weighted by atomic mass is 10.1. The van der Waals surface area contributed by atoms with Crippen LogP contribution in [0.3, 0.4) is 0 Å². The predicted octanol–water partition coefficient (Wildman–Crippen LogP) is 2.59. The molecule has 0 radical (unpaired) electrons.